The van der Waals surface area contributed by atoms with Gasteiger partial charge in [-0.15, -0.1) is 12.4 Å². The molecule has 0 radical (unpaired) electrons. The fourth-order valence-corrected chi connectivity index (χ4v) is 3.88. The van der Waals surface area contributed by atoms with Crippen LogP contribution >= 0.6 is 24.0 Å². The molecule has 0 saturated heterocycles. The molecule has 0 aromatic heterocycles. The van der Waals surface area contributed by atoms with Gasteiger partial charge in [-0.05, 0) is 55.5 Å². The van der Waals surface area contributed by atoms with Gasteiger partial charge in [-0.3, -0.25) is 0 Å². The summed E-state index contributed by atoms with van der Waals surface area (Å²) in [4.78, 5) is 0. The third-order valence-electron chi connectivity index (χ3n) is 4.94. The lowest BCUT2D eigenvalue weighted by Gasteiger charge is -2.30. The Morgan fingerprint density at radius 1 is 1.04 bits per heavy atom. The van der Waals surface area contributed by atoms with Gasteiger partial charge >= 0.3 is 0 Å². The Balaban J connectivity index is 0.00000225. The van der Waals surface area contributed by atoms with Crippen molar-refractivity contribution in [3.8, 4) is 16.9 Å². The number of ether oxygens (including phenoxy) is 1. The van der Waals surface area contributed by atoms with E-state index in [1.54, 1.807) is 0 Å². The molecule has 1 saturated carbocycles. The summed E-state index contributed by atoms with van der Waals surface area (Å²) in [6.45, 7) is 0.667. The van der Waals surface area contributed by atoms with Crippen molar-refractivity contribution in [1.29, 1.82) is 0 Å². The van der Waals surface area contributed by atoms with Crippen molar-refractivity contribution >= 4 is 24.0 Å². The van der Waals surface area contributed by atoms with E-state index in [1.165, 1.54) is 32.1 Å². The van der Waals surface area contributed by atoms with Gasteiger partial charge in [0.1, 0.15) is 11.9 Å². The van der Waals surface area contributed by atoms with Crippen molar-refractivity contribution in [2.45, 2.75) is 44.6 Å². The van der Waals surface area contributed by atoms with Gasteiger partial charge in [-0.25, -0.2) is 0 Å². The maximum absolute atomic E-state index is 6.40. The molecule has 1 aliphatic carbocycles. The van der Waals surface area contributed by atoms with E-state index in [2.05, 4.69) is 18.2 Å². The largest absolute Gasteiger partial charge is 0.490 e. The number of rotatable bonds is 6. The maximum Gasteiger partial charge on any atom is 0.120 e. The summed E-state index contributed by atoms with van der Waals surface area (Å²) in [5.41, 5.74) is 7.96. The monoisotopic (exact) mass is 379 g/mol. The van der Waals surface area contributed by atoms with Crippen LogP contribution < -0.4 is 10.5 Å². The van der Waals surface area contributed by atoms with Crippen molar-refractivity contribution < 1.29 is 4.74 Å². The first-order chi connectivity index (χ1) is 11.8. The molecule has 2 nitrogen and oxygen atoms in total. The third-order valence-corrected chi connectivity index (χ3v) is 5.27. The summed E-state index contributed by atoms with van der Waals surface area (Å²) < 4.78 is 6.37. The lowest BCUT2D eigenvalue weighted by Crippen LogP contribution is -2.31. The molecule has 1 atom stereocenters. The predicted molar refractivity (Wildman–Crippen MR) is 109 cm³/mol. The van der Waals surface area contributed by atoms with Crippen LogP contribution in [0.1, 0.15) is 38.5 Å². The highest BCUT2D eigenvalue weighted by Crippen LogP contribution is 2.34. The summed E-state index contributed by atoms with van der Waals surface area (Å²) in [6, 6.07) is 16.2. The molecule has 1 unspecified atom stereocenters. The van der Waals surface area contributed by atoms with Crippen LogP contribution in [0.4, 0.5) is 0 Å². The minimum absolute atomic E-state index is 0. The summed E-state index contributed by atoms with van der Waals surface area (Å²) in [7, 11) is 0. The molecule has 0 spiro atoms. The molecule has 2 N–H and O–H groups in total. The first-order valence-electron chi connectivity index (χ1n) is 8.99. The van der Waals surface area contributed by atoms with E-state index in [1.807, 2.05) is 30.3 Å². The Hall–Kier alpha value is -1.22. The fraction of sp³-hybridized carbons (Fsp3) is 0.429. The molecule has 2 aromatic rings. The van der Waals surface area contributed by atoms with E-state index in [-0.39, 0.29) is 18.5 Å². The minimum Gasteiger partial charge on any atom is -0.490 e. The average molecular weight is 380 g/mol. The maximum atomic E-state index is 6.40. The minimum atomic E-state index is 0. The molecule has 3 rings (SSSR count). The Kier molecular flexibility index (Phi) is 8.08. The van der Waals surface area contributed by atoms with Gasteiger partial charge in [0.2, 0.25) is 0 Å². The van der Waals surface area contributed by atoms with Crippen LogP contribution in [-0.2, 0) is 0 Å². The van der Waals surface area contributed by atoms with E-state index in [0.29, 0.717) is 12.5 Å². The van der Waals surface area contributed by atoms with Crippen molar-refractivity contribution in [3.63, 3.8) is 0 Å². The van der Waals surface area contributed by atoms with Gasteiger partial charge < -0.3 is 10.5 Å². The fourth-order valence-electron chi connectivity index (χ4n) is 3.65. The van der Waals surface area contributed by atoms with Gasteiger partial charge in [-0.1, -0.05) is 61.2 Å². The molecule has 0 amide bonds. The Labute approximate surface area is 162 Å². The predicted octanol–water partition coefficient (Wildman–Crippen LogP) is 6.11. The second-order valence-electron chi connectivity index (χ2n) is 6.64. The average Bonchev–Trinajstić information content (AvgIpc) is 2.64. The number of hydrogen-bond acceptors (Lipinski definition) is 2. The summed E-state index contributed by atoms with van der Waals surface area (Å²) in [6.07, 6.45) is 7.60. The number of nitrogens with two attached hydrogens (primary N) is 1. The molecule has 25 heavy (non-hydrogen) atoms. The number of hydrogen-bond donors (Lipinski definition) is 1. The van der Waals surface area contributed by atoms with Gasteiger partial charge in [-0.2, -0.15) is 0 Å². The van der Waals surface area contributed by atoms with Gasteiger partial charge in [0.25, 0.3) is 0 Å². The zero-order chi connectivity index (χ0) is 16.8. The van der Waals surface area contributed by atoms with E-state index < -0.39 is 0 Å². The second kappa shape index (κ2) is 10.1. The molecule has 1 aliphatic rings. The van der Waals surface area contributed by atoms with Crippen LogP contribution in [0, 0.1) is 5.92 Å². The van der Waals surface area contributed by atoms with Crippen LogP contribution in [0.15, 0.2) is 48.5 Å². The first kappa shape index (κ1) is 20.1. The quantitative estimate of drug-likeness (QED) is 0.657. The van der Waals surface area contributed by atoms with Crippen LogP contribution in [0.5, 0.6) is 5.75 Å². The van der Waals surface area contributed by atoms with Gasteiger partial charge in [0.05, 0.1) is 0 Å². The van der Waals surface area contributed by atoms with Crippen LogP contribution in [0.2, 0.25) is 5.02 Å². The zero-order valence-corrected chi connectivity index (χ0v) is 16.1. The number of benzene rings is 2. The molecule has 0 aliphatic heterocycles. The lowest BCUT2D eigenvalue weighted by atomic mass is 9.84. The van der Waals surface area contributed by atoms with Crippen molar-refractivity contribution in [1.82, 2.24) is 0 Å². The molecule has 0 heterocycles. The Bertz CT molecular complexity index is 642. The normalized spacial score (nSPS) is 16.1. The second-order valence-corrected chi connectivity index (χ2v) is 7.05. The standard InChI is InChI=1S/C21H26ClNO.ClH/c22-20-12-11-18(15-19(20)16-7-3-1-4-8-16)24-21(13-14-23)17-9-5-2-6-10-17;/h1,3-4,7-8,11-12,15,17,21H,2,5-6,9-10,13-14,23H2;1H. The topological polar surface area (TPSA) is 35.2 Å². The van der Waals surface area contributed by atoms with Crippen LogP contribution in [0.3, 0.4) is 0 Å². The van der Waals surface area contributed by atoms with Gasteiger partial charge in [0.15, 0.2) is 0 Å². The summed E-state index contributed by atoms with van der Waals surface area (Å²) >= 11 is 6.40. The third kappa shape index (κ3) is 5.37. The Morgan fingerprint density at radius 3 is 2.44 bits per heavy atom. The molecule has 136 valence electrons. The summed E-state index contributed by atoms with van der Waals surface area (Å²) in [5.74, 6) is 1.51. The van der Waals surface area contributed by atoms with Crippen molar-refractivity contribution in [3.05, 3.63) is 53.6 Å². The molecule has 1 fully saturated rings. The number of halogens is 2. The Morgan fingerprint density at radius 2 is 1.76 bits per heavy atom. The highest BCUT2D eigenvalue weighted by Gasteiger charge is 2.25. The molecule has 0 bridgehead atoms. The molecular formula is C21H27Cl2NO. The van der Waals surface area contributed by atoms with Crippen LogP contribution in [0.25, 0.3) is 11.1 Å². The van der Waals surface area contributed by atoms with Crippen LogP contribution in [-0.4, -0.2) is 12.6 Å². The molecular weight excluding hydrogens is 353 g/mol. The van der Waals surface area contributed by atoms with Crippen molar-refractivity contribution in [2.24, 2.45) is 11.7 Å². The molecule has 2 aromatic carbocycles. The zero-order valence-electron chi connectivity index (χ0n) is 14.5. The van der Waals surface area contributed by atoms with E-state index >= 15 is 0 Å². The SMILES string of the molecule is Cl.NCCC(Oc1ccc(Cl)c(-c2ccccc2)c1)C1CCCCC1. The highest BCUT2D eigenvalue weighted by atomic mass is 35.5. The highest BCUT2D eigenvalue weighted by molar-refractivity contribution is 6.33. The lowest BCUT2D eigenvalue weighted by molar-refractivity contribution is 0.102. The smallest absolute Gasteiger partial charge is 0.120 e. The summed E-state index contributed by atoms with van der Waals surface area (Å²) in [5, 5.41) is 0.751. The van der Waals surface area contributed by atoms with Gasteiger partial charge in [0, 0.05) is 10.6 Å². The van der Waals surface area contributed by atoms with Crippen molar-refractivity contribution in [2.75, 3.05) is 6.54 Å². The first-order valence-corrected chi connectivity index (χ1v) is 9.37. The molecule has 4 heteroatoms. The van der Waals surface area contributed by atoms with E-state index in [9.17, 15) is 0 Å². The van der Waals surface area contributed by atoms with E-state index in [0.717, 1.165) is 28.3 Å². The van der Waals surface area contributed by atoms with E-state index in [4.69, 9.17) is 22.1 Å².